The molecule has 3 aromatic rings. The number of anilines is 1. The number of rotatable bonds is 7. The highest BCUT2D eigenvalue weighted by molar-refractivity contribution is 8.00. The van der Waals surface area contributed by atoms with E-state index in [1.54, 1.807) is 11.6 Å². The van der Waals surface area contributed by atoms with Gasteiger partial charge in [-0.1, -0.05) is 11.8 Å². The highest BCUT2D eigenvalue weighted by atomic mass is 32.2. The number of carbonyl (C=O) groups is 1. The number of tetrazole rings is 1. The molecule has 0 aliphatic carbocycles. The standard InChI is InChI=1S/C18H18FN5O2S/c1-3-26-16-10-8-15(9-11-16)24-18(21-22-23-24)27-12(2)17(25)20-14-6-4-13(19)5-7-14/h4-12H,3H2,1-2H3,(H,20,25)/t12-/m1/s1. The molecular weight excluding hydrogens is 369 g/mol. The largest absolute Gasteiger partial charge is 0.494 e. The Hall–Kier alpha value is -2.94. The van der Waals surface area contributed by atoms with Crippen LogP contribution in [0.25, 0.3) is 5.69 Å². The Kier molecular flexibility index (Phi) is 6.02. The van der Waals surface area contributed by atoms with E-state index < -0.39 is 5.25 Å². The van der Waals surface area contributed by atoms with Crippen molar-refractivity contribution in [3.8, 4) is 11.4 Å². The van der Waals surface area contributed by atoms with Crippen molar-refractivity contribution in [2.45, 2.75) is 24.3 Å². The van der Waals surface area contributed by atoms with E-state index >= 15 is 0 Å². The lowest BCUT2D eigenvalue weighted by molar-refractivity contribution is -0.115. The van der Waals surface area contributed by atoms with Gasteiger partial charge in [0.2, 0.25) is 11.1 Å². The number of benzene rings is 2. The van der Waals surface area contributed by atoms with Crippen LogP contribution in [0, 0.1) is 5.82 Å². The van der Waals surface area contributed by atoms with E-state index in [2.05, 4.69) is 20.8 Å². The molecule has 1 aromatic heterocycles. The molecule has 140 valence electrons. The topological polar surface area (TPSA) is 81.9 Å². The van der Waals surface area contributed by atoms with Crippen LogP contribution in [0.3, 0.4) is 0 Å². The minimum Gasteiger partial charge on any atom is -0.494 e. The number of ether oxygens (including phenoxy) is 1. The average Bonchev–Trinajstić information content (AvgIpc) is 3.12. The molecule has 9 heteroatoms. The zero-order valence-electron chi connectivity index (χ0n) is 14.8. The molecule has 0 aliphatic heterocycles. The number of nitrogens with zero attached hydrogens (tertiary/aromatic N) is 4. The fraction of sp³-hybridized carbons (Fsp3) is 0.222. The summed E-state index contributed by atoms with van der Waals surface area (Å²) in [5.74, 6) is 0.174. The number of nitrogens with one attached hydrogen (secondary N) is 1. The number of carbonyl (C=O) groups excluding carboxylic acids is 1. The molecule has 0 unspecified atom stereocenters. The van der Waals surface area contributed by atoms with Crippen LogP contribution in [0.5, 0.6) is 5.75 Å². The third kappa shape index (κ3) is 4.82. The van der Waals surface area contributed by atoms with Gasteiger partial charge in [-0.05, 0) is 72.8 Å². The molecule has 0 fully saturated rings. The van der Waals surface area contributed by atoms with Gasteiger partial charge in [0, 0.05) is 5.69 Å². The molecule has 2 aromatic carbocycles. The summed E-state index contributed by atoms with van der Waals surface area (Å²) in [5.41, 5.74) is 1.29. The SMILES string of the molecule is CCOc1ccc(-n2nnnc2S[C@H](C)C(=O)Nc2ccc(F)cc2)cc1. The molecule has 1 amide bonds. The Morgan fingerprint density at radius 3 is 2.59 bits per heavy atom. The van der Waals surface area contributed by atoms with Crippen LogP contribution in [0.4, 0.5) is 10.1 Å². The van der Waals surface area contributed by atoms with Gasteiger partial charge in [-0.25, -0.2) is 4.39 Å². The van der Waals surface area contributed by atoms with Gasteiger partial charge in [0.25, 0.3) is 0 Å². The second-order valence-corrected chi connectivity index (χ2v) is 6.86. The van der Waals surface area contributed by atoms with Gasteiger partial charge in [0.15, 0.2) is 0 Å². The Bertz CT molecular complexity index is 899. The molecule has 0 saturated carbocycles. The minimum atomic E-state index is -0.456. The van der Waals surface area contributed by atoms with Gasteiger partial charge in [-0.15, -0.1) is 5.10 Å². The van der Waals surface area contributed by atoms with E-state index in [1.165, 1.54) is 36.0 Å². The van der Waals surface area contributed by atoms with Crippen LogP contribution in [-0.2, 0) is 4.79 Å². The molecular formula is C18H18FN5O2S. The van der Waals surface area contributed by atoms with Gasteiger partial charge >= 0.3 is 0 Å². The van der Waals surface area contributed by atoms with Crippen molar-refractivity contribution in [2.75, 3.05) is 11.9 Å². The fourth-order valence-corrected chi connectivity index (χ4v) is 3.06. The van der Waals surface area contributed by atoms with Gasteiger partial charge in [-0.3, -0.25) is 4.79 Å². The van der Waals surface area contributed by atoms with Crippen LogP contribution >= 0.6 is 11.8 Å². The molecule has 1 heterocycles. The summed E-state index contributed by atoms with van der Waals surface area (Å²) in [6.45, 7) is 4.26. The highest BCUT2D eigenvalue weighted by Crippen LogP contribution is 2.25. The van der Waals surface area contributed by atoms with Crippen molar-refractivity contribution >= 4 is 23.4 Å². The summed E-state index contributed by atoms with van der Waals surface area (Å²) in [4.78, 5) is 12.4. The van der Waals surface area contributed by atoms with E-state index in [1.807, 2.05) is 31.2 Å². The summed E-state index contributed by atoms with van der Waals surface area (Å²) >= 11 is 1.23. The molecule has 7 nitrogen and oxygen atoms in total. The maximum absolute atomic E-state index is 13.0. The first kappa shape index (κ1) is 18.8. The number of hydrogen-bond acceptors (Lipinski definition) is 6. The third-order valence-corrected chi connectivity index (χ3v) is 4.63. The normalized spacial score (nSPS) is 11.8. The van der Waals surface area contributed by atoms with Gasteiger partial charge < -0.3 is 10.1 Å². The molecule has 3 rings (SSSR count). The molecule has 1 N–H and O–H groups in total. The monoisotopic (exact) mass is 387 g/mol. The lowest BCUT2D eigenvalue weighted by Crippen LogP contribution is -2.22. The lowest BCUT2D eigenvalue weighted by atomic mass is 10.3. The summed E-state index contributed by atoms with van der Waals surface area (Å²) in [5, 5.41) is 14.5. The second-order valence-electron chi connectivity index (χ2n) is 5.56. The summed E-state index contributed by atoms with van der Waals surface area (Å²) in [6.07, 6.45) is 0. The summed E-state index contributed by atoms with van der Waals surface area (Å²) in [7, 11) is 0. The second kappa shape index (κ2) is 8.63. The average molecular weight is 387 g/mol. The molecule has 27 heavy (non-hydrogen) atoms. The zero-order chi connectivity index (χ0) is 19.2. The molecule has 1 atom stereocenters. The maximum Gasteiger partial charge on any atom is 0.237 e. The first-order valence-corrected chi connectivity index (χ1v) is 9.19. The number of halogens is 1. The molecule has 0 saturated heterocycles. The van der Waals surface area contributed by atoms with E-state index in [-0.39, 0.29) is 11.7 Å². The molecule has 0 radical (unpaired) electrons. The van der Waals surface area contributed by atoms with Gasteiger partial charge in [0.1, 0.15) is 11.6 Å². The smallest absolute Gasteiger partial charge is 0.237 e. The highest BCUT2D eigenvalue weighted by Gasteiger charge is 2.19. The predicted molar refractivity (Wildman–Crippen MR) is 101 cm³/mol. The van der Waals surface area contributed by atoms with Crippen molar-refractivity contribution in [1.82, 2.24) is 20.2 Å². The van der Waals surface area contributed by atoms with Crippen molar-refractivity contribution in [3.63, 3.8) is 0 Å². The van der Waals surface area contributed by atoms with E-state index in [9.17, 15) is 9.18 Å². The maximum atomic E-state index is 13.0. The zero-order valence-corrected chi connectivity index (χ0v) is 15.6. The van der Waals surface area contributed by atoms with Crippen molar-refractivity contribution in [3.05, 3.63) is 54.3 Å². The number of thioether (sulfide) groups is 1. The number of amides is 1. The van der Waals surface area contributed by atoms with Crippen molar-refractivity contribution in [2.24, 2.45) is 0 Å². The van der Waals surface area contributed by atoms with Crippen molar-refractivity contribution in [1.29, 1.82) is 0 Å². The van der Waals surface area contributed by atoms with Crippen LogP contribution in [0.15, 0.2) is 53.7 Å². The Morgan fingerprint density at radius 2 is 1.93 bits per heavy atom. The molecule has 0 aliphatic rings. The number of aromatic nitrogens is 4. The third-order valence-electron chi connectivity index (χ3n) is 3.60. The van der Waals surface area contributed by atoms with Gasteiger partial charge in [0.05, 0.1) is 17.5 Å². The Morgan fingerprint density at radius 1 is 1.22 bits per heavy atom. The van der Waals surface area contributed by atoms with Gasteiger partial charge in [-0.2, -0.15) is 4.68 Å². The first-order valence-electron chi connectivity index (χ1n) is 8.31. The van der Waals surface area contributed by atoms with Crippen LogP contribution in [0.2, 0.25) is 0 Å². The van der Waals surface area contributed by atoms with Crippen LogP contribution < -0.4 is 10.1 Å². The van der Waals surface area contributed by atoms with Crippen molar-refractivity contribution < 1.29 is 13.9 Å². The minimum absolute atomic E-state index is 0.229. The quantitative estimate of drug-likeness (QED) is 0.627. The fourth-order valence-electron chi connectivity index (χ4n) is 2.25. The Labute approximate surface area is 159 Å². The van der Waals surface area contributed by atoms with Crippen LogP contribution in [0.1, 0.15) is 13.8 Å². The van der Waals surface area contributed by atoms with E-state index in [0.717, 1.165) is 11.4 Å². The lowest BCUT2D eigenvalue weighted by Gasteiger charge is -2.12. The molecule has 0 spiro atoms. The molecule has 0 bridgehead atoms. The predicted octanol–water partition coefficient (Wildman–Crippen LogP) is 3.32. The first-order chi connectivity index (χ1) is 13.1. The Balaban J connectivity index is 1.68. The summed E-state index contributed by atoms with van der Waals surface area (Å²) in [6, 6.07) is 12.9. The number of hydrogen-bond donors (Lipinski definition) is 1. The van der Waals surface area contributed by atoms with E-state index in [4.69, 9.17) is 4.74 Å². The van der Waals surface area contributed by atoms with E-state index in [0.29, 0.717) is 17.5 Å². The van der Waals surface area contributed by atoms with Crippen LogP contribution in [-0.4, -0.2) is 38.0 Å². The summed E-state index contributed by atoms with van der Waals surface area (Å²) < 4.78 is 19.9.